The van der Waals surface area contributed by atoms with Gasteiger partial charge in [-0.15, -0.1) is 0 Å². The van der Waals surface area contributed by atoms with Gasteiger partial charge >= 0.3 is 0 Å². The van der Waals surface area contributed by atoms with Crippen LogP contribution in [0.25, 0.3) is 77.5 Å². The average Bonchev–Trinajstić information content (AvgIpc) is 3.33. The van der Waals surface area contributed by atoms with Crippen molar-refractivity contribution in [1.82, 2.24) is 0 Å². The van der Waals surface area contributed by atoms with Gasteiger partial charge in [0.1, 0.15) is 0 Å². The zero-order chi connectivity index (χ0) is 39.4. The minimum absolute atomic E-state index is 1.09. The summed E-state index contributed by atoms with van der Waals surface area (Å²) in [6, 6.07) is 89.7. The normalized spacial score (nSPS) is 11.1. The van der Waals surface area contributed by atoms with Crippen LogP contribution in [0.3, 0.4) is 0 Å². The number of benzene rings is 10. The van der Waals surface area contributed by atoms with E-state index in [0.29, 0.717) is 0 Å². The van der Waals surface area contributed by atoms with E-state index in [0.717, 1.165) is 28.2 Å². The second-order valence-corrected chi connectivity index (χ2v) is 14.9. The molecule has 0 aliphatic heterocycles. The van der Waals surface area contributed by atoms with E-state index in [9.17, 15) is 0 Å². The van der Waals surface area contributed by atoms with Crippen LogP contribution in [0.4, 0.5) is 17.1 Å². The maximum atomic E-state index is 2.40. The van der Waals surface area contributed by atoms with Crippen LogP contribution >= 0.6 is 0 Å². The van der Waals surface area contributed by atoms with Gasteiger partial charge in [0.25, 0.3) is 0 Å². The summed E-state index contributed by atoms with van der Waals surface area (Å²) in [6.07, 6.45) is 0. The summed E-state index contributed by atoms with van der Waals surface area (Å²) in [7, 11) is 0. The first-order valence-electron chi connectivity index (χ1n) is 20.3. The van der Waals surface area contributed by atoms with Crippen molar-refractivity contribution in [3.63, 3.8) is 0 Å². The van der Waals surface area contributed by atoms with Crippen LogP contribution in [0, 0.1) is 0 Å². The molecule has 0 atom stereocenters. The molecule has 0 saturated carbocycles. The Morgan fingerprint density at radius 1 is 0.220 bits per heavy atom. The first-order valence-corrected chi connectivity index (χ1v) is 20.3. The lowest BCUT2D eigenvalue weighted by molar-refractivity contribution is 1.28. The van der Waals surface area contributed by atoms with Crippen LogP contribution in [0.5, 0.6) is 0 Å². The summed E-state index contributed by atoms with van der Waals surface area (Å²) in [6.45, 7) is 0. The van der Waals surface area contributed by atoms with Crippen molar-refractivity contribution in [3.05, 3.63) is 249 Å². The van der Waals surface area contributed by atoms with E-state index >= 15 is 0 Å². The van der Waals surface area contributed by atoms with Crippen LogP contribution in [0.15, 0.2) is 249 Å². The van der Waals surface area contributed by atoms with Crippen LogP contribution < -0.4 is 4.90 Å². The maximum absolute atomic E-state index is 2.40. The highest BCUT2D eigenvalue weighted by Gasteiger charge is 2.19. The van der Waals surface area contributed by atoms with E-state index in [1.54, 1.807) is 0 Å². The van der Waals surface area contributed by atoms with Crippen LogP contribution in [0.1, 0.15) is 0 Å². The molecule has 0 spiro atoms. The number of hydrogen-bond donors (Lipinski definition) is 0. The van der Waals surface area contributed by atoms with E-state index in [-0.39, 0.29) is 0 Å². The molecular formula is C58H41N. The fraction of sp³-hybridized carbons (Fsp3) is 0. The molecular weight excluding hydrogens is 711 g/mol. The number of fused-ring (bicyclic) bond motifs is 1. The fourth-order valence-electron chi connectivity index (χ4n) is 8.36. The Labute approximate surface area is 346 Å². The summed E-state index contributed by atoms with van der Waals surface area (Å²) in [4.78, 5) is 2.40. The molecule has 0 aliphatic carbocycles. The Morgan fingerprint density at radius 2 is 0.576 bits per heavy atom. The molecule has 0 bridgehead atoms. The lowest BCUT2D eigenvalue weighted by Gasteiger charge is -2.28. The highest BCUT2D eigenvalue weighted by atomic mass is 15.1. The van der Waals surface area contributed by atoms with E-state index < -0.39 is 0 Å². The summed E-state index contributed by atoms with van der Waals surface area (Å²) in [5, 5.41) is 2.50. The standard InChI is InChI=1S/C58H41N/c1-4-15-42(16-5-1)44-29-31-46(32-30-44)50-23-12-24-51(41-50)54-25-10-11-28-57(54)59(52-37-33-45(34-38-52)43-17-6-2-7-18-43)53-39-35-48(36-40-53)56-27-14-22-49-21-13-26-55(58(49)56)47-19-8-3-9-20-47/h1-41H. The fourth-order valence-corrected chi connectivity index (χ4v) is 8.36. The lowest BCUT2D eigenvalue weighted by atomic mass is 9.91. The van der Waals surface area contributed by atoms with Crippen molar-refractivity contribution in [3.8, 4) is 66.8 Å². The third-order valence-corrected chi connectivity index (χ3v) is 11.3. The van der Waals surface area contributed by atoms with Crippen LogP contribution in [-0.2, 0) is 0 Å². The van der Waals surface area contributed by atoms with Gasteiger partial charge in [0, 0.05) is 16.9 Å². The maximum Gasteiger partial charge on any atom is 0.0540 e. The molecule has 1 nitrogen and oxygen atoms in total. The minimum Gasteiger partial charge on any atom is -0.310 e. The second-order valence-electron chi connectivity index (χ2n) is 14.9. The molecule has 0 heterocycles. The van der Waals surface area contributed by atoms with Crippen molar-refractivity contribution in [2.75, 3.05) is 4.90 Å². The minimum atomic E-state index is 1.09. The van der Waals surface area contributed by atoms with Crippen molar-refractivity contribution >= 4 is 27.8 Å². The highest BCUT2D eigenvalue weighted by molar-refractivity contribution is 6.06. The molecule has 0 fully saturated rings. The first kappa shape index (κ1) is 35.7. The first-order chi connectivity index (χ1) is 29.3. The zero-order valence-corrected chi connectivity index (χ0v) is 32.6. The molecule has 10 aromatic carbocycles. The SMILES string of the molecule is c1ccc(-c2ccc(-c3cccc(-c4ccccc4N(c4ccc(-c5ccccc5)cc4)c4ccc(-c5cccc6cccc(-c7ccccc7)c56)cc4)c3)cc2)cc1. The molecule has 59 heavy (non-hydrogen) atoms. The number of rotatable bonds is 9. The quantitative estimate of drug-likeness (QED) is 0.142. The highest BCUT2D eigenvalue weighted by Crippen LogP contribution is 2.43. The molecule has 0 N–H and O–H groups in total. The Bertz CT molecular complexity index is 2980. The summed E-state index contributed by atoms with van der Waals surface area (Å²) in [5.74, 6) is 0. The van der Waals surface area contributed by atoms with Crippen molar-refractivity contribution in [2.24, 2.45) is 0 Å². The largest absolute Gasteiger partial charge is 0.310 e. The predicted octanol–water partition coefficient (Wildman–Crippen LogP) is 16.3. The van der Waals surface area contributed by atoms with Gasteiger partial charge in [-0.2, -0.15) is 0 Å². The van der Waals surface area contributed by atoms with Gasteiger partial charge < -0.3 is 4.90 Å². The molecule has 0 amide bonds. The van der Waals surface area contributed by atoms with E-state index in [2.05, 4.69) is 254 Å². The summed E-state index contributed by atoms with van der Waals surface area (Å²) in [5.41, 5.74) is 17.7. The molecule has 0 radical (unpaired) electrons. The van der Waals surface area contributed by atoms with Gasteiger partial charge in [-0.25, -0.2) is 0 Å². The van der Waals surface area contributed by atoms with Gasteiger partial charge in [-0.05, 0) is 108 Å². The number of anilines is 3. The molecule has 0 aromatic heterocycles. The smallest absolute Gasteiger partial charge is 0.0540 e. The van der Waals surface area contributed by atoms with Gasteiger partial charge in [0.15, 0.2) is 0 Å². The van der Waals surface area contributed by atoms with Crippen LogP contribution in [0.2, 0.25) is 0 Å². The number of nitrogens with zero attached hydrogens (tertiary/aromatic N) is 1. The lowest BCUT2D eigenvalue weighted by Crippen LogP contribution is -2.11. The van der Waals surface area contributed by atoms with Crippen molar-refractivity contribution < 1.29 is 0 Å². The molecule has 278 valence electrons. The topological polar surface area (TPSA) is 3.24 Å². The Hall–Kier alpha value is -7.74. The third-order valence-electron chi connectivity index (χ3n) is 11.3. The number of para-hydroxylation sites is 1. The molecule has 10 aromatic rings. The monoisotopic (exact) mass is 751 g/mol. The Kier molecular flexibility index (Phi) is 9.68. The van der Waals surface area contributed by atoms with Crippen LogP contribution in [-0.4, -0.2) is 0 Å². The Balaban J connectivity index is 1.07. The van der Waals surface area contributed by atoms with Gasteiger partial charge in [-0.1, -0.05) is 212 Å². The molecule has 0 unspecified atom stereocenters. The van der Waals surface area contributed by atoms with Crippen molar-refractivity contribution in [1.29, 1.82) is 0 Å². The van der Waals surface area contributed by atoms with E-state index in [1.807, 2.05) is 0 Å². The van der Waals surface area contributed by atoms with Gasteiger partial charge in [-0.3, -0.25) is 0 Å². The zero-order valence-electron chi connectivity index (χ0n) is 32.6. The van der Waals surface area contributed by atoms with Gasteiger partial charge in [0.05, 0.1) is 5.69 Å². The average molecular weight is 752 g/mol. The number of hydrogen-bond acceptors (Lipinski definition) is 1. The summed E-state index contributed by atoms with van der Waals surface area (Å²) >= 11 is 0. The van der Waals surface area contributed by atoms with E-state index in [4.69, 9.17) is 0 Å². The second kappa shape index (κ2) is 16.0. The molecule has 1 heteroatoms. The van der Waals surface area contributed by atoms with E-state index in [1.165, 1.54) is 66.4 Å². The Morgan fingerprint density at radius 3 is 1.14 bits per heavy atom. The molecule has 0 aliphatic rings. The third kappa shape index (κ3) is 7.23. The van der Waals surface area contributed by atoms with Gasteiger partial charge in [0.2, 0.25) is 0 Å². The molecule has 0 saturated heterocycles. The predicted molar refractivity (Wildman–Crippen MR) is 251 cm³/mol. The molecule has 10 rings (SSSR count). The van der Waals surface area contributed by atoms with Crippen molar-refractivity contribution in [2.45, 2.75) is 0 Å². The summed E-state index contributed by atoms with van der Waals surface area (Å²) < 4.78 is 0.